The zero-order valence-electron chi connectivity index (χ0n) is 15.1. The van der Waals surface area contributed by atoms with Crippen LogP contribution in [0.3, 0.4) is 0 Å². The lowest BCUT2D eigenvalue weighted by atomic mass is 10.1. The van der Waals surface area contributed by atoms with Crippen molar-refractivity contribution in [2.24, 2.45) is 0 Å². The highest BCUT2D eigenvalue weighted by molar-refractivity contribution is 8.01. The van der Waals surface area contributed by atoms with Crippen LogP contribution in [0.2, 0.25) is 0 Å². The van der Waals surface area contributed by atoms with Crippen molar-refractivity contribution in [2.45, 2.75) is 37.6 Å². The maximum atomic E-state index is 12.5. The predicted octanol–water partition coefficient (Wildman–Crippen LogP) is 3.22. The number of hydrogen-bond donors (Lipinski definition) is 1. The molecule has 1 heterocycles. The number of anilines is 1. The van der Waals surface area contributed by atoms with Gasteiger partial charge in [0, 0.05) is 0 Å². The molecule has 0 aliphatic rings. The molecule has 2 rings (SSSR count). The first-order valence-electron chi connectivity index (χ1n) is 8.00. The topological polar surface area (TPSA) is 90.4 Å². The molecule has 9 heteroatoms. The second-order valence-corrected chi connectivity index (χ2v) is 7.71. The molecule has 7 nitrogen and oxygen atoms in total. The minimum atomic E-state index is -0.633. The molecule has 0 saturated carbocycles. The van der Waals surface area contributed by atoms with Crippen LogP contribution >= 0.6 is 23.1 Å². The third kappa shape index (κ3) is 5.70. The highest BCUT2D eigenvalue weighted by atomic mass is 32.2. The average molecular weight is 396 g/mol. The lowest BCUT2D eigenvalue weighted by molar-refractivity contribution is -0.137. The Kier molecular flexibility index (Phi) is 7.40. The molecule has 2 aromatic rings. The molecule has 0 saturated heterocycles. The van der Waals surface area contributed by atoms with Gasteiger partial charge in [-0.2, -0.15) is 0 Å². The predicted molar refractivity (Wildman–Crippen MR) is 102 cm³/mol. The lowest BCUT2D eigenvalue weighted by Gasteiger charge is -2.18. The SMILES string of the molecule is CC[C@H](Oc1ccc(C)cc1C)C(=O)Nc1nnc(SCC(=O)OC)s1. The van der Waals surface area contributed by atoms with Crippen molar-refractivity contribution in [1.82, 2.24) is 10.2 Å². The molecular formula is C17H21N3O4S2. The van der Waals surface area contributed by atoms with Gasteiger partial charge in [0.25, 0.3) is 5.91 Å². The summed E-state index contributed by atoms with van der Waals surface area (Å²) in [5.41, 5.74) is 2.12. The molecule has 1 aromatic heterocycles. The normalized spacial score (nSPS) is 11.7. The van der Waals surface area contributed by atoms with Gasteiger partial charge in [0.2, 0.25) is 5.13 Å². The second kappa shape index (κ2) is 9.54. The Hall–Kier alpha value is -2.13. The van der Waals surface area contributed by atoms with E-state index in [1.165, 1.54) is 30.2 Å². The summed E-state index contributed by atoms with van der Waals surface area (Å²) in [7, 11) is 1.33. The summed E-state index contributed by atoms with van der Waals surface area (Å²) in [6.07, 6.45) is -0.117. The minimum absolute atomic E-state index is 0.145. The smallest absolute Gasteiger partial charge is 0.316 e. The van der Waals surface area contributed by atoms with E-state index in [9.17, 15) is 9.59 Å². The minimum Gasteiger partial charge on any atom is -0.480 e. The quantitative estimate of drug-likeness (QED) is 0.417. The van der Waals surface area contributed by atoms with E-state index in [2.05, 4.69) is 20.3 Å². The average Bonchev–Trinajstić information content (AvgIpc) is 3.06. The zero-order chi connectivity index (χ0) is 19.1. The fraction of sp³-hybridized carbons (Fsp3) is 0.412. The zero-order valence-corrected chi connectivity index (χ0v) is 16.7. The van der Waals surface area contributed by atoms with Crippen molar-refractivity contribution in [3.8, 4) is 5.75 Å². The van der Waals surface area contributed by atoms with Gasteiger partial charge in [-0.15, -0.1) is 10.2 Å². The van der Waals surface area contributed by atoms with Crippen molar-refractivity contribution < 1.29 is 19.1 Å². The number of rotatable bonds is 8. The van der Waals surface area contributed by atoms with Gasteiger partial charge in [-0.25, -0.2) is 0 Å². The van der Waals surface area contributed by atoms with Gasteiger partial charge in [0.1, 0.15) is 5.75 Å². The van der Waals surface area contributed by atoms with E-state index in [1.54, 1.807) is 0 Å². The number of amides is 1. The summed E-state index contributed by atoms with van der Waals surface area (Å²) in [6, 6.07) is 5.82. The number of hydrogen-bond acceptors (Lipinski definition) is 8. The fourth-order valence-electron chi connectivity index (χ4n) is 2.09. The highest BCUT2D eigenvalue weighted by Gasteiger charge is 2.21. The summed E-state index contributed by atoms with van der Waals surface area (Å²) in [4.78, 5) is 23.6. The van der Waals surface area contributed by atoms with Crippen molar-refractivity contribution in [1.29, 1.82) is 0 Å². The van der Waals surface area contributed by atoms with E-state index in [4.69, 9.17) is 4.74 Å². The Morgan fingerprint density at radius 3 is 2.73 bits per heavy atom. The third-order valence-corrected chi connectivity index (χ3v) is 5.39. The van der Waals surface area contributed by atoms with Crippen LogP contribution in [0.4, 0.5) is 5.13 Å². The molecule has 0 aliphatic heterocycles. The monoisotopic (exact) mass is 395 g/mol. The van der Waals surface area contributed by atoms with Gasteiger partial charge in [-0.3, -0.25) is 14.9 Å². The molecule has 0 bridgehead atoms. The number of carbonyl (C=O) groups excluding carboxylic acids is 2. The van der Waals surface area contributed by atoms with Crippen molar-refractivity contribution in [3.63, 3.8) is 0 Å². The molecule has 1 amide bonds. The van der Waals surface area contributed by atoms with Crippen LogP contribution in [0.5, 0.6) is 5.75 Å². The Morgan fingerprint density at radius 1 is 1.31 bits per heavy atom. The van der Waals surface area contributed by atoms with Gasteiger partial charge >= 0.3 is 5.97 Å². The molecule has 1 N–H and O–H groups in total. The molecule has 0 aliphatic carbocycles. The Bertz CT molecular complexity index is 779. The van der Waals surface area contributed by atoms with Crippen LogP contribution in [-0.2, 0) is 14.3 Å². The van der Waals surface area contributed by atoms with E-state index in [0.29, 0.717) is 21.6 Å². The summed E-state index contributed by atoms with van der Waals surface area (Å²) in [5, 5.41) is 10.9. The first-order chi connectivity index (χ1) is 12.4. The lowest BCUT2D eigenvalue weighted by Crippen LogP contribution is -2.32. The first-order valence-corrected chi connectivity index (χ1v) is 9.81. The Labute approximate surface area is 160 Å². The number of esters is 1. The Balaban J connectivity index is 1.96. The molecule has 140 valence electrons. The molecule has 1 atom stereocenters. The molecule has 0 radical (unpaired) electrons. The van der Waals surface area contributed by atoms with Crippen LogP contribution in [-0.4, -0.2) is 41.0 Å². The molecule has 0 fully saturated rings. The standard InChI is InChI=1S/C17H21N3O4S2/c1-5-12(24-13-7-6-10(2)8-11(13)3)15(22)18-16-19-20-17(26-16)25-9-14(21)23-4/h6-8,12H,5,9H2,1-4H3,(H,18,19,22)/t12-/m0/s1. The maximum Gasteiger partial charge on any atom is 0.316 e. The molecule has 26 heavy (non-hydrogen) atoms. The van der Waals surface area contributed by atoms with Crippen LogP contribution in [0.25, 0.3) is 0 Å². The number of nitrogens with one attached hydrogen (secondary N) is 1. The number of nitrogens with zero attached hydrogens (tertiary/aromatic N) is 2. The summed E-state index contributed by atoms with van der Waals surface area (Å²) < 4.78 is 11.0. The summed E-state index contributed by atoms with van der Waals surface area (Å²) in [6.45, 7) is 5.83. The molecule has 0 unspecified atom stereocenters. The van der Waals surface area contributed by atoms with Crippen molar-refractivity contribution in [3.05, 3.63) is 29.3 Å². The number of methoxy groups -OCH3 is 1. The van der Waals surface area contributed by atoms with E-state index >= 15 is 0 Å². The number of ether oxygens (including phenoxy) is 2. The third-order valence-electron chi connectivity index (χ3n) is 3.44. The maximum absolute atomic E-state index is 12.5. The van der Waals surface area contributed by atoms with E-state index in [-0.39, 0.29) is 17.6 Å². The van der Waals surface area contributed by atoms with Crippen molar-refractivity contribution in [2.75, 3.05) is 18.2 Å². The highest BCUT2D eigenvalue weighted by Crippen LogP contribution is 2.26. The van der Waals surface area contributed by atoms with Crippen LogP contribution in [0.1, 0.15) is 24.5 Å². The number of benzene rings is 1. The van der Waals surface area contributed by atoms with Gasteiger partial charge in [-0.1, -0.05) is 47.7 Å². The molecular weight excluding hydrogens is 374 g/mol. The van der Waals surface area contributed by atoms with E-state index in [1.807, 2.05) is 39.0 Å². The van der Waals surface area contributed by atoms with Crippen LogP contribution < -0.4 is 10.1 Å². The number of aryl methyl sites for hydroxylation is 2. The first kappa shape index (κ1) is 20.2. The van der Waals surface area contributed by atoms with Gasteiger partial charge in [0.05, 0.1) is 12.9 Å². The van der Waals surface area contributed by atoms with E-state index in [0.717, 1.165) is 11.1 Å². The molecule has 1 aromatic carbocycles. The Morgan fingerprint density at radius 2 is 2.08 bits per heavy atom. The number of thioether (sulfide) groups is 1. The van der Waals surface area contributed by atoms with Crippen LogP contribution in [0.15, 0.2) is 22.5 Å². The summed E-state index contributed by atoms with van der Waals surface area (Å²) in [5.74, 6) is 0.202. The summed E-state index contributed by atoms with van der Waals surface area (Å²) >= 11 is 2.41. The van der Waals surface area contributed by atoms with Gasteiger partial charge in [-0.05, 0) is 31.9 Å². The largest absolute Gasteiger partial charge is 0.480 e. The van der Waals surface area contributed by atoms with Gasteiger partial charge in [0.15, 0.2) is 10.4 Å². The van der Waals surface area contributed by atoms with E-state index < -0.39 is 6.10 Å². The molecule has 0 spiro atoms. The van der Waals surface area contributed by atoms with Gasteiger partial charge < -0.3 is 9.47 Å². The number of aromatic nitrogens is 2. The number of carbonyl (C=O) groups is 2. The van der Waals surface area contributed by atoms with Crippen molar-refractivity contribution >= 4 is 40.1 Å². The second-order valence-electron chi connectivity index (χ2n) is 5.51. The van der Waals surface area contributed by atoms with Crippen LogP contribution in [0, 0.1) is 13.8 Å². The fourth-order valence-corrected chi connectivity index (χ4v) is 3.68.